The Hall–Kier alpha value is -3.49. The van der Waals surface area contributed by atoms with E-state index in [-0.39, 0.29) is 12.5 Å². The Morgan fingerprint density at radius 2 is 1.61 bits per heavy atom. The van der Waals surface area contributed by atoms with Crippen molar-refractivity contribution < 1.29 is 33.0 Å². The number of carboxylic acids is 1. The van der Waals surface area contributed by atoms with E-state index in [1.165, 1.54) is 0 Å². The summed E-state index contributed by atoms with van der Waals surface area (Å²) < 4.78 is 32.1. The maximum absolute atomic E-state index is 13.3. The number of alkyl halides is 2. The Balaban J connectivity index is 1.65. The second kappa shape index (κ2) is 9.97. The fourth-order valence-electron chi connectivity index (χ4n) is 3.85. The molecule has 2 amide bonds. The van der Waals surface area contributed by atoms with Gasteiger partial charge in [0.05, 0.1) is 6.54 Å². The highest BCUT2D eigenvalue weighted by Gasteiger charge is 2.40. The van der Waals surface area contributed by atoms with Gasteiger partial charge in [-0.05, 0) is 28.2 Å². The summed E-state index contributed by atoms with van der Waals surface area (Å²) in [4.78, 5) is 35.5. The zero-order valence-corrected chi connectivity index (χ0v) is 18.3. The summed E-state index contributed by atoms with van der Waals surface area (Å²) in [5.74, 6) is -7.93. The fourth-order valence-corrected chi connectivity index (χ4v) is 3.85. The zero-order chi connectivity index (χ0) is 24.2. The number of benzene rings is 2. The van der Waals surface area contributed by atoms with E-state index < -0.39 is 42.4 Å². The highest BCUT2D eigenvalue weighted by atomic mass is 19.3. The third-order valence-corrected chi connectivity index (χ3v) is 5.91. The first-order chi connectivity index (χ1) is 15.7. The Kier molecular flexibility index (Phi) is 7.30. The second-order valence-corrected chi connectivity index (χ2v) is 8.06. The molecule has 1 unspecified atom stereocenters. The van der Waals surface area contributed by atoms with Crippen molar-refractivity contribution in [2.45, 2.75) is 38.2 Å². The summed E-state index contributed by atoms with van der Waals surface area (Å²) in [6.45, 7) is 2.10. The lowest BCUT2D eigenvalue weighted by Gasteiger charge is -2.24. The van der Waals surface area contributed by atoms with Crippen molar-refractivity contribution in [3.05, 3.63) is 59.7 Å². The molecule has 0 radical (unpaired) electrons. The molecule has 3 N–H and O–H groups in total. The molecule has 0 aliphatic heterocycles. The topological polar surface area (TPSA) is 105 Å². The SMILES string of the molecule is CCC(C)[C@H](NC(=O)OCC1c2ccccc2-c2ccccc21)C(=O)NCC(F)(F)C(=O)O. The third-order valence-electron chi connectivity index (χ3n) is 5.91. The van der Waals surface area contributed by atoms with Crippen molar-refractivity contribution in [3.63, 3.8) is 0 Å². The van der Waals surface area contributed by atoms with E-state index >= 15 is 0 Å². The van der Waals surface area contributed by atoms with E-state index in [0.717, 1.165) is 22.3 Å². The second-order valence-electron chi connectivity index (χ2n) is 8.06. The van der Waals surface area contributed by atoms with Crippen LogP contribution in [0.25, 0.3) is 11.1 Å². The predicted octanol–water partition coefficient (Wildman–Crippen LogP) is 3.78. The van der Waals surface area contributed by atoms with E-state index in [9.17, 15) is 23.2 Å². The van der Waals surface area contributed by atoms with Crippen LogP contribution < -0.4 is 10.6 Å². The molecule has 0 bridgehead atoms. The van der Waals surface area contributed by atoms with Crippen molar-refractivity contribution in [1.29, 1.82) is 0 Å². The number of halogens is 2. The lowest BCUT2D eigenvalue weighted by atomic mass is 9.98. The molecule has 0 heterocycles. The number of carboxylic acid groups (broad SMARTS) is 1. The van der Waals surface area contributed by atoms with Crippen LogP contribution in [-0.2, 0) is 14.3 Å². The van der Waals surface area contributed by atoms with Gasteiger partial charge in [-0.3, -0.25) is 4.79 Å². The Morgan fingerprint density at radius 3 is 2.12 bits per heavy atom. The highest BCUT2D eigenvalue weighted by Crippen LogP contribution is 2.44. The molecule has 2 aromatic rings. The third kappa shape index (κ3) is 5.30. The van der Waals surface area contributed by atoms with Crippen LogP contribution in [0.15, 0.2) is 48.5 Å². The molecule has 7 nitrogen and oxygen atoms in total. The Morgan fingerprint density at radius 1 is 1.06 bits per heavy atom. The van der Waals surface area contributed by atoms with Gasteiger partial charge >= 0.3 is 18.0 Å². The predicted molar refractivity (Wildman–Crippen MR) is 117 cm³/mol. The van der Waals surface area contributed by atoms with Crippen molar-refractivity contribution in [3.8, 4) is 11.1 Å². The van der Waals surface area contributed by atoms with Gasteiger partial charge in [-0.2, -0.15) is 8.78 Å². The van der Waals surface area contributed by atoms with E-state index in [0.29, 0.717) is 6.42 Å². The lowest BCUT2D eigenvalue weighted by Crippen LogP contribution is -2.53. The number of hydrogen-bond donors (Lipinski definition) is 3. The molecule has 0 spiro atoms. The molecular weight excluding hydrogens is 434 g/mol. The van der Waals surface area contributed by atoms with E-state index in [1.807, 2.05) is 53.8 Å². The van der Waals surface area contributed by atoms with Gasteiger partial charge in [-0.15, -0.1) is 0 Å². The van der Waals surface area contributed by atoms with E-state index in [2.05, 4.69) is 5.32 Å². The molecule has 1 aliphatic rings. The largest absolute Gasteiger partial charge is 0.477 e. The molecular formula is C24H26F2N2O5. The van der Waals surface area contributed by atoms with Crippen LogP contribution in [0.4, 0.5) is 13.6 Å². The van der Waals surface area contributed by atoms with Crippen molar-refractivity contribution >= 4 is 18.0 Å². The number of fused-ring (bicyclic) bond motifs is 3. The molecule has 1 aliphatic carbocycles. The van der Waals surface area contributed by atoms with Gasteiger partial charge in [0.1, 0.15) is 12.6 Å². The normalized spacial score (nSPS) is 14.5. The molecule has 33 heavy (non-hydrogen) atoms. The first-order valence-corrected chi connectivity index (χ1v) is 10.7. The number of nitrogens with one attached hydrogen (secondary N) is 2. The Bertz CT molecular complexity index is 998. The van der Waals surface area contributed by atoms with Gasteiger partial charge in [0, 0.05) is 5.92 Å². The average Bonchev–Trinajstić information content (AvgIpc) is 3.13. The number of rotatable bonds is 9. The smallest absolute Gasteiger partial charge is 0.407 e. The number of aliphatic carboxylic acids is 1. The highest BCUT2D eigenvalue weighted by molar-refractivity contribution is 5.87. The maximum atomic E-state index is 13.3. The molecule has 2 atom stereocenters. The summed E-state index contributed by atoms with van der Waals surface area (Å²) >= 11 is 0. The first-order valence-electron chi connectivity index (χ1n) is 10.7. The molecule has 3 rings (SSSR count). The number of amides is 2. The monoisotopic (exact) mass is 460 g/mol. The van der Waals surface area contributed by atoms with Crippen LogP contribution in [0.2, 0.25) is 0 Å². The summed E-state index contributed by atoms with van der Waals surface area (Å²) in [5, 5.41) is 12.9. The van der Waals surface area contributed by atoms with Crippen LogP contribution in [0.1, 0.15) is 37.3 Å². The molecule has 0 fully saturated rings. The quantitative estimate of drug-likeness (QED) is 0.528. The average molecular weight is 460 g/mol. The molecule has 0 aromatic heterocycles. The van der Waals surface area contributed by atoms with Gasteiger partial charge in [-0.25, -0.2) is 9.59 Å². The number of alkyl carbamates (subject to hydrolysis) is 1. The van der Waals surface area contributed by atoms with Crippen LogP contribution in [0, 0.1) is 5.92 Å². The minimum Gasteiger partial charge on any atom is -0.477 e. The number of ether oxygens (including phenoxy) is 1. The van der Waals surface area contributed by atoms with Crippen molar-refractivity contribution in [2.75, 3.05) is 13.2 Å². The standard InChI is InChI=1S/C24H26F2N2O5/c1-3-14(2)20(21(29)27-13-24(25,26)22(30)31)28-23(32)33-12-19-17-10-6-4-8-15(17)16-9-5-7-11-18(16)19/h4-11,14,19-20H,3,12-13H2,1-2H3,(H,27,29)(H,28,32)(H,30,31)/t14?,20-/m0/s1. The van der Waals surface area contributed by atoms with Gasteiger partial charge in [0.15, 0.2) is 0 Å². The molecule has 176 valence electrons. The Labute approximate surface area is 190 Å². The summed E-state index contributed by atoms with van der Waals surface area (Å²) in [6.07, 6.45) is -0.390. The number of carbonyl (C=O) groups is 3. The molecule has 0 saturated heterocycles. The van der Waals surface area contributed by atoms with E-state index in [4.69, 9.17) is 9.84 Å². The molecule has 2 aromatic carbocycles. The van der Waals surface area contributed by atoms with Gasteiger partial charge in [-0.1, -0.05) is 68.8 Å². The number of carbonyl (C=O) groups excluding carboxylic acids is 2. The van der Waals surface area contributed by atoms with Gasteiger partial charge in [0.25, 0.3) is 0 Å². The van der Waals surface area contributed by atoms with Crippen LogP contribution in [0.5, 0.6) is 0 Å². The summed E-state index contributed by atoms with van der Waals surface area (Å²) in [7, 11) is 0. The number of hydrogen-bond acceptors (Lipinski definition) is 4. The summed E-state index contributed by atoms with van der Waals surface area (Å²) in [5.41, 5.74) is 4.19. The maximum Gasteiger partial charge on any atom is 0.407 e. The van der Waals surface area contributed by atoms with Gasteiger partial charge in [0.2, 0.25) is 5.91 Å². The summed E-state index contributed by atoms with van der Waals surface area (Å²) in [6, 6.07) is 14.5. The lowest BCUT2D eigenvalue weighted by molar-refractivity contribution is -0.164. The molecule has 0 saturated carbocycles. The van der Waals surface area contributed by atoms with E-state index in [1.54, 1.807) is 13.8 Å². The van der Waals surface area contributed by atoms with Crippen LogP contribution >= 0.6 is 0 Å². The minimum atomic E-state index is -4.11. The van der Waals surface area contributed by atoms with Crippen LogP contribution in [-0.4, -0.2) is 48.2 Å². The van der Waals surface area contributed by atoms with Crippen molar-refractivity contribution in [1.82, 2.24) is 10.6 Å². The fraction of sp³-hybridized carbons (Fsp3) is 0.375. The van der Waals surface area contributed by atoms with Crippen LogP contribution in [0.3, 0.4) is 0 Å². The van der Waals surface area contributed by atoms with Gasteiger partial charge < -0.3 is 20.5 Å². The van der Waals surface area contributed by atoms with Crippen molar-refractivity contribution in [2.24, 2.45) is 5.92 Å². The zero-order valence-electron chi connectivity index (χ0n) is 18.3. The minimum absolute atomic E-state index is 0.0335. The first kappa shape index (κ1) is 24.2. The molecule has 9 heteroatoms.